The van der Waals surface area contributed by atoms with Crippen molar-refractivity contribution in [2.75, 3.05) is 13.7 Å². The molecule has 1 aliphatic rings. The van der Waals surface area contributed by atoms with Crippen LogP contribution in [0.25, 0.3) is 0 Å². The Labute approximate surface area is 141 Å². The largest absolute Gasteiger partial charge is 0.380 e. The van der Waals surface area contributed by atoms with E-state index in [0.29, 0.717) is 13.2 Å². The number of rotatable bonds is 5. The molecule has 128 valence electrons. The van der Waals surface area contributed by atoms with E-state index in [1.807, 2.05) is 0 Å². The Hall–Kier alpha value is -1.76. The van der Waals surface area contributed by atoms with Crippen molar-refractivity contribution in [3.8, 4) is 0 Å². The van der Waals surface area contributed by atoms with Crippen LogP contribution < -0.4 is 0 Å². The summed E-state index contributed by atoms with van der Waals surface area (Å²) in [6, 6.07) is 12.6. The van der Waals surface area contributed by atoms with E-state index in [-0.39, 0.29) is 16.8 Å². The lowest BCUT2D eigenvalue weighted by atomic mass is 10.1. The van der Waals surface area contributed by atoms with E-state index in [1.165, 1.54) is 16.4 Å². The van der Waals surface area contributed by atoms with E-state index < -0.39 is 10.0 Å². The van der Waals surface area contributed by atoms with Gasteiger partial charge in [-0.05, 0) is 48.2 Å². The maximum atomic E-state index is 13.1. The molecule has 0 saturated carbocycles. The van der Waals surface area contributed by atoms with Gasteiger partial charge in [0, 0.05) is 13.7 Å². The molecular formula is C18H20FNO3S. The molecule has 1 fully saturated rings. The number of sulfonamides is 1. The molecule has 0 radical (unpaired) electrons. The van der Waals surface area contributed by atoms with Crippen LogP contribution in [-0.2, 0) is 21.4 Å². The van der Waals surface area contributed by atoms with E-state index in [9.17, 15) is 12.8 Å². The van der Waals surface area contributed by atoms with Crippen LogP contribution in [0.4, 0.5) is 4.39 Å². The highest BCUT2D eigenvalue weighted by Crippen LogP contribution is 2.36. The summed E-state index contributed by atoms with van der Waals surface area (Å²) < 4.78 is 45.6. The molecule has 1 aliphatic heterocycles. The summed E-state index contributed by atoms with van der Waals surface area (Å²) in [4.78, 5) is 0.274. The van der Waals surface area contributed by atoms with E-state index >= 15 is 0 Å². The highest BCUT2D eigenvalue weighted by atomic mass is 32.2. The third-order valence-corrected chi connectivity index (χ3v) is 6.22. The maximum absolute atomic E-state index is 13.1. The third kappa shape index (κ3) is 3.36. The summed E-state index contributed by atoms with van der Waals surface area (Å²) in [6.07, 6.45) is 1.54. The zero-order valence-electron chi connectivity index (χ0n) is 13.5. The zero-order chi connectivity index (χ0) is 17.2. The minimum atomic E-state index is -3.58. The first-order chi connectivity index (χ1) is 11.5. The van der Waals surface area contributed by atoms with Gasteiger partial charge in [0.2, 0.25) is 10.0 Å². The zero-order valence-corrected chi connectivity index (χ0v) is 14.3. The first-order valence-electron chi connectivity index (χ1n) is 7.87. The Balaban J connectivity index is 1.88. The van der Waals surface area contributed by atoms with Gasteiger partial charge in [-0.15, -0.1) is 0 Å². The Morgan fingerprint density at radius 2 is 1.79 bits per heavy atom. The molecule has 0 bridgehead atoms. The second-order valence-electron chi connectivity index (χ2n) is 5.90. The van der Waals surface area contributed by atoms with E-state index in [1.54, 1.807) is 43.5 Å². The van der Waals surface area contributed by atoms with Gasteiger partial charge in [0.1, 0.15) is 5.82 Å². The molecular weight excluding hydrogens is 329 g/mol. The molecule has 0 N–H and O–H groups in total. The molecule has 2 aromatic rings. The molecule has 1 saturated heterocycles. The van der Waals surface area contributed by atoms with E-state index in [4.69, 9.17) is 4.74 Å². The van der Waals surface area contributed by atoms with Crippen molar-refractivity contribution in [2.24, 2.45) is 0 Å². The molecule has 24 heavy (non-hydrogen) atoms. The Morgan fingerprint density at radius 1 is 1.12 bits per heavy atom. The molecule has 1 heterocycles. The van der Waals surface area contributed by atoms with Gasteiger partial charge >= 0.3 is 0 Å². The smallest absolute Gasteiger partial charge is 0.243 e. The van der Waals surface area contributed by atoms with Crippen molar-refractivity contribution in [3.63, 3.8) is 0 Å². The Bertz CT molecular complexity index is 788. The van der Waals surface area contributed by atoms with Crippen LogP contribution in [0.3, 0.4) is 0 Å². The van der Waals surface area contributed by atoms with Gasteiger partial charge in [-0.25, -0.2) is 12.8 Å². The number of benzene rings is 2. The lowest BCUT2D eigenvalue weighted by Crippen LogP contribution is -2.30. The van der Waals surface area contributed by atoms with Gasteiger partial charge in [-0.1, -0.05) is 24.3 Å². The molecule has 6 heteroatoms. The maximum Gasteiger partial charge on any atom is 0.243 e. The van der Waals surface area contributed by atoms with Gasteiger partial charge < -0.3 is 4.74 Å². The summed E-state index contributed by atoms with van der Waals surface area (Å²) in [7, 11) is -1.98. The van der Waals surface area contributed by atoms with Crippen molar-refractivity contribution >= 4 is 10.0 Å². The minimum Gasteiger partial charge on any atom is -0.380 e. The van der Waals surface area contributed by atoms with Gasteiger partial charge in [0.15, 0.2) is 0 Å². The first-order valence-corrected chi connectivity index (χ1v) is 9.31. The lowest BCUT2D eigenvalue weighted by Gasteiger charge is -2.24. The third-order valence-electron chi connectivity index (χ3n) is 4.30. The quantitative estimate of drug-likeness (QED) is 0.830. The molecule has 4 nitrogen and oxygen atoms in total. The van der Waals surface area contributed by atoms with Crippen LogP contribution in [0.2, 0.25) is 0 Å². The van der Waals surface area contributed by atoms with Gasteiger partial charge in [-0.2, -0.15) is 4.31 Å². The van der Waals surface area contributed by atoms with Crippen LogP contribution in [0.1, 0.15) is 30.0 Å². The molecule has 0 spiro atoms. The summed E-state index contributed by atoms with van der Waals surface area (Å²) in [6.45, 7) is 0.923. The molecule has 0 aliphatic carbocycles. The highest BCUT2D eigenvalue weighted by Gasteiger charge is 2.36. The molecule has 0 unspecified atom stereocenters. The summed E-state index contributed by atoms with van der Waals surface area (Å²) in [5.74, 6) is -0.320. The predicted molar refractivity (Wildman–Crippen MR) is 89.4 cm³/mol. The first kappa shape index (κ1) is 17.1. The van der Waals surface area contributed by atoms with Crippen molar-refractivity contribution in [2.45, 2.75) is 30.4 Å². The Kier molecular flexibility index (Phi) is 4.99. The fourth-order valence-electron chi connectivity index (χ4n) is 3.11. The molecule has 0 amide bonds. The van der Waals surface area contributed by atoms with E-state index in [2.05, 4.69) is 0 Å². The monoisotopic (exact) mass is 349 g/mol. The van der Waals surface area contributed by atoms with Crippen molar-refractivity contribution in [1.29, 1.82) is 0 Å². The van der Waals surface area contributed by atoms with Crippen LogP contribution in [0, 0.1) is 5.82 Å². The lowest BCUT2D eigenvalue weighted by molar-refractivity contribution is 0.185. The fourth-order valence-corrected chi connectivity index (χ4v) is 4.79. The van der Waals surface area contributed by atoms with Crippen LogP contribution in [0.5, 0.6) is 0 Å². The number of nitrogens with zero attached hydrogens (tertiary/aromatic N) is 1. The van der Waals surface area contributed by atoms with Crippen LogP contribution in [0.15, 0.2) is 53.4 Å². The molecule has 2 aromatic carbocycles. The molecule has 0 aromatic heterocycles. The van der Waals surface area contributed by atoms with Crippen molar-refractivity contribution in [1.82, 2.24) is 4.31 Å². The molecule has 1 atom stereocenters. The molecule has 3 rings (SSSR count). The normalized spacial score (nSPS) is 18.8. The van der Waals surface area contributed by atoms with Crippen LogP contribution in [-0.4, -0.2) is 26.4 Å². The number of methoxy groups -OCH3 is 1. The second-order valence-corrected chi connectivity index (χ2v) is 7.79. The van der Waals surface area contributed by atoms with Crippen molar-refractivity contribution in [3.05, 3.63) is 65.5 Å². The second kappa shape index (κ2) is 7.01. The summed E-state index contributed by atoms with van der Waals surface area (Å²) in [5.41, 5.74) is 1.75. The summed E-state index contributed by atoms with van der Waals surface area (Å²) in [5, 5.41) is 0. The average Bonchev–Trinajstić information content (AvgIpc) is 3.07. The van der Waals surface area contributed by atoms with Crippen molar-refractivity contribution < 1.29 is 17.5 Å². The summed E-state index contributed by atoms with van der Waals surface area (Å²) >= 11 is 0. The Morgan fingerprint density at radius 3 is 2.42 bits per heavy atom. The number of halogens is 1. The number of ether oxygens (including phenoxy) is 1. The van der Waals surface area contributed by atoms with Crippen LogP contribution >= 0.6 is 0 Å². The topological polar surface area (TPSA) is 46.6 Å². The number of hydrogen-bond donors (Lipinski definition) is 0. The van der Waals surface area contributed by atoms with Gasteiger partial charge in [0.05, 0.1) is 17.5 Å². The number of hydrogen-bond acceptors (Lipinski definition) is 3. The van der Waals surface area contributed by atoms with E-state index in [0.717, 1.165) is 24.0 Å². The van der Waals surface area contributed by atoms with Gasteiger partial charge in [-0.3, -0.25) is 0 Å². The average molecular weight is 349 g/mol. The minimum absolute atomic E-state index is 0.241. The predicted octanol–water partition coefficient (Wildman–Crippen LogP) is 3.50. The standard InChI is InChI=1S/C18H20FNO3S/c1-23-13-14-4-10-17(11-5-14)24(21,22)20-12-2-3-18(20)15-6-8-16(19)9-7-15/h4-11,18H,2-3,12-13H2,1H3/t18-/m0/s1. The fraction of sp³-hybridized carbons (Fsp3) is 0.333. The van der Waals surface area contributed by atoms with Gasteiger partial charge in [0.25, 0.3) is 0 Å². The highest BCUT2D eigenvalue weighted by molar-refractivity contribution is 7.89. The SMILES string of the molecule is COCc1ccc(S(=O)(=O)N2CCC[C@H]2c2ccc(F)cc2)cc1.